The topological polar surface area (TPSA) is 41.7 Å². The molecule has 1 N–H and O–H groups in total. The minimum atomic E-state index is -0.0342. The Hall–Kier alpha value is -2.34. The molecule has 0 amide bonds. The van der Waals surface area contributed by atoms with Gasteiger partial charge in [0.15, 0.2) is 12.0 Å². The normalized spacial score (nSPS) is 9.80. The maximum atomic E-state index is 10.8. The summed E-state index contributed by atoms with van der Waals surface area (Å²) in [6, 6.07) is 8.13. The van der Waals surface area contributed by atoms with Crippen molar-refractivity contribution < 1.29 is 9.90 Å². The average molecular weight is 197 g/mol. The van der Waals surface area contributed by atoms with E-state index < -0.39 is 0 Å². The summed E-state index contributed by atoms with van der Waals surface area (Å²) in [5.41, 5.74) is 0.786. The Morgan fingerprint density at radius 2 is 2.07 bits per heavy atom. The number of hydrogen-bond donors (Lipinski definition) is 1. The van der Waals surface area contributed by atoms with E-state index in [0.29, 0.717) is 17.4 Å². The van der Waals surface area contributed by atoms with Crippen LogP contribution >= 0.6 is 0 Å². The second-order valence-corrected chi connectivity index (χ2v) is 3.13. The molecule has 3 nitrogen and oxygen atoms in total. The van der Waals surface area contributed by atoms with Crippen molar-refractivity contribution in [1.29, 1.82) is 0 Å². The van der Waals surface area contributed by atoms with Gasteiger partial charge in [-0.3, -0.25) is 4.79 Å². The zero-order chi connectivity index (χ0) is 10.8. The van der Waals surface area contributed by atoms with Gasteiger partial charge >= 0.3 is 0 Å². The van der Waals surface area contributed by atoms with Gasteiger partial charge in [0.1, 0.15) is 5.75 Å². The first kappa shape index (κ1) is 9.22. The molecule has 3 heteroatoms. The van der Waals surface area contributed by atoms with E-state index in [1.54, 1.807) is 24.3 Å². The highest BCUT2D eigenvalue weighted by Gasteiger charge is 2.05. The Morgan fingerprint density at radius 3 is 2.73 bits per heavy atom. The third-order valence-corrected chi connectivity index (χ3v) is 2.27. The van der Waals surface area contributed by atoms with E-state index >= 15 is 0 Å². The largest absolute Gasteiger partial charge is 0.507 e. The van der Waals surface area contributed by atoms with Crippen LogP contribution in [0.2, 0.25) is 0 Å². The van der Waals surface area contributed by atoms with Crippen molar-refractivity contribution in [3.63, 3.8) is 0 Å². The van der Waals surface area contributed by atoms with Crippen LogP contribution in [0.5, 0.6) is 5.75 Å². The van der Waals surface area contributed by atoms with Gasteiger partial charge in [-0.2, -0.15) is 0 Å². The number of carbonyl (C=O) groups is 1. The molecular weight excluding hydrogens is 190 g/mol. The molecule has 2 rings (SSSR count). The summed E-state index contributed by atoms with van der Waals surface area (Å²) in [5.74, 6) is -0.0342. The number of aromatic hydroxyl groups is 1. The molecular formula is C12H7NO2. The van der Waals surface area contributed by atoms with Crippen LogP contribution in [0, 0.1) is 6.57 Å². The van der Waals surface area contributed by atoms with Gasteiger partial charge in [0.05, 0.1) is 12.1 Å². The lowest BCUT2D eigenvalue weighted by Gasteiger charge is -2.03. The first-order valence-electron chi connectivity index (χ1n) is 4.34. The first-order valence-corrected chi connectivity index (χ1v) is 4.34. The maximum absolute atomic E-state index is 10.8. The van der Waals surface area contributed by atoms with Gasteiger partial charge in [0.2, 0.25) is 0 Å². The molecule has 0 saturated carbocycles. The fraction of sp³-hybridized carbons (Fsp3) is 0. The van der Waals surface area contributed by atoms with E-state index in [0.717, 1.165) is 5.39 Å². The zero-order valence-electron chi connectivity index (χ0n) is 7.77. The molecule has 0 radical (unpaired) electrons. The lowest BCUT2D eigenvalue weighted by Crippen LogP contribution is -1.84. The molecule has 0 spiro atoms. The number of aldehydes is 1. The predicted octanol–water partition coefficient (Wildman–Crippen LogP) is 2.91. The number of benzene rings is 2. The summed E-state index contributed by atoms with van der Waals surface area (Å²) in [6.45, 7) is 6.87. The van der Waals surface area contributed by atoms with E-state index in [1.807, 2.05) is 0 Å². The number of phenols is 1. The van der Waals surface area contributed by atoms with Crippen LogP contribution in [0.4, 0.5) is 5.69 Å². The molecule has 0 aromatic heterocycles. The third kappa shape index (κ3) is 1.42. The predicted molar refractivity (Wildman–Crippen MR) is 57.3 cm³/mol. The van der Waals surface area contributed by atoms with Crippen molar-refractivity contribution >= 4 is 22.7 Å². The van der Waals surface area contributed by atoms with E-state index in [-0.39, 0.29) is 11.3 Å². The summed E-state index contributed by atoms with van der Waals surface area (Å²) >= 11 is 0. The number of nitrogens with zero attached hydrogens (tertiary/aromatic N) is 1. The van der Waals surface area contributed by atoms with Crippen LogP contribution in [0.15, 0.2) is 30.3 Å². The molecule has 0 atom stereocenters. The zero-order valence-corrected chi connectivity index (χ0v) is 7.77. The lowest BCUT2D eigenvalue weighted by molar-refractivity contribution is 0.112. The molecule has 0 bridgehead atoms. The molecule has 72 valence electrons. The molecule has 2 aromatic rings. The molecule has 0 fully saturated rings. The number of phenolic OH excluding ortho intramolecular Hbond substituents is 1. The minimum absolute atomic E-state index is 0.0342. The van der Waals surface area contributed by atoms with Crippen molar-refractivity contribution in [2.45, 2.75) is 0 Å². The number of fused-ring (bicyclic) bond motifs is 1. The molecule has 0 aliphatic rings. The highest BCUT2D eigenvalue weighted by atomic mass is 16.3. The molecule has 0 heterocycles. The Balaban J connectivity index is 2.85. The van der Waals surface area contributed by atoms with Crippen molar-refractivity contribution in [3.05, 3.63) is 47.3 Å². The van der Waals surface area contributed by atoms with Gasteiger partial charge in [-0.25, -0.2) is 4.85 Å². The van der Waals surface area contributed by atoms with E-state index in [4.69, 9.17) is 6.57 Å². The van der Waals surface area contributed by atoms with Crippen LogP contribution < -0.4 is 0 Å². The summed E-state index contributed by atoms with van der Waals surface area (Å²) in [6.07, 6.45) is 0.620. The summed E-state index contributed by atoms with van der Waals surface area (Å²) < 4.78 is 0. The highest BCUT2D eigenvalue weighted by Crippen LogP contribution is 2.28. The van der Waals surface area contributed by atoms with Crippen molar-refractivity contribution in [1.82, 2.24) is 0 Å². The summed E-state index contributed by atoms with van der Waals surface area (Å²) in [4.78, 5) is 14.1. The third-order valence-electron chi connectivity index (χ3n) is 2.27. The van der Waals surface area contributed by atoms with Crippen molar-refractivity contribution in [2.75, 3.05) is 0 Å². The Labute approximate surface area is 86.4 Å². The van der Waals surface area contributed by atoms with Gasteiger partial charge in [-0.05, 0) is 22.9 Å². The van der Waals surface area contributed by atoms with E-state index in [9.17, 15) is 9.90 Å². The number of hydrogen-bond acceptors (Lipinski definition) is 2. The highest BCUT2D eigenvalue weighted by molar-refractivity contribution is 6.01. The van der Waals surface area contributed by atoms with Crippen molar-refractivity contribution in [3.8, 4) is 5.75 Å². The fourth-order valence-electron chi connectivity index (χ4n) is 1.52. The molecule has 0 aliphatic carbocycles. The SMILES string of the molecule is [C-]#[N+]c1ccc2c(C=O)c(O)ccc2c1. The van der Waals surface area contributed by atoms with Crippen LogP contribution in [-0.4, -0.2) is 11.4 Å². The molecule has 0 saturated heterocycles. The van der Waals surface area contributed by atoms with Gasteiger partial charge in [0, 0.05) is 0 Å². The summed E-state index contributed by atoms with van der Waals surface area (Å²) in [7, 11) is 0. The molecule has 0 unspecified atom stereocenters. The lowest BCUT2D eigenvalue weighted by atomic mass is 10.0. The molecule has 0 aliphatic heterocycles. The van der Waals surface area contributed by atoms with Gasteiger partial charge in [-0.1, -0.05) is 18.2 Å². The second-order valence-electron chi connectivity index (χ2n) is 3.13. The van der Waals surface area contributed by atoms with Crippen LogP contribution in [0.3, 0.4) is 0 Å². The van der Waals surface area contributed by atoms with E-state index in [1.165, 1.54) is 6.07 Å². The van der Waals surface area contributed by atoms with Crippen LogP contribution in [0.25, 0.3) is 15.6 Å². The van der Waals surface area contributed by atoms with Gasteiger partial charge < -0.3 is 5.11 Å². The maximum Gasteiger partial charge on any atom is 0.187 e. The number of rotatable bonds is 1. The standard InChI is InChI=1S/C12H7NO2/c1-13-9-3-4-10-8(6-9)2-5-12(15)11(10)7-14/h2-7,15H. The van der Waals surface area contributed by atoms with Gasteiger partial charge in [-0.15, -0.1) is 0 Å². The van der Waals surface area contributed by atoms with Crippen LogP contribution in [-0.2, 0) is 0 Å². The minimum Gasteiger partial charge on any atom is -0.507 e. The van der Waals surface area contributed by atoms with Crippen LogP contribution in [0.1, 0.15) is 10.4 Å². The van der Waals surface area contributed by atoms with Crippen molar-refractivity contribution in [2.24, 2.45) is 0 Å². The molecule has 15 heavy (non-hydrogen) atoms. The van der Waals surface area contributed by atoms with Gasteiger partial charge in [0.25, 0.3) is 0 Å². The Kier molecular flexibility index (Phi) is 2.11. The molecule has 2 aromatic carbocycles. The Bertz CT molecular complexity index is 582. The number of carbonyl (C=O) groups excluding carboxylic acids is 1. The monoisotopic (exact) mass is 197 g/mol. The second kappa shape index (κ2) is 3.43. The van der Waals surface area contributed by atoms with E-state index in [2.05, 4.69) is 4.85 Å². The Morgan fingerprint density at radius 1 is 1.27 bits per heavy atom. The fourth-order valence-corrected chi connectivity index (χ4v) is 1.52. The summed E-state index contributed by atoms with van der Waals surface area (Å²) in [5, 5.41) is 10.9. The average Bonchev–Trinajstić information content (AvgIpc) is 2.28. The smallest absolute Gasteiger partial charge is 0.187 e. The quantitative estimate of drug-likeness (QED) is 0.564. The first-order chi connectivity index (χ1) is 7.26.